The number of benzene rings is 1. The molecule has 0 saturated carbocycles. The molecule has 1 aromatic heterocycles. The third-order valence-electron chi connectivity index (χ3n) is 2.09. The maximum absolute atomic E-state index is 4.31. The van der Waals surface area contributed by atoms with Crippen LogP contribution in [0.15, 0.2) is 24.5 Å². The fourth-order valence-electron chi connectivity index (χ4n) is 1.48. The molecule has 0 aliphatic heterocycles. The van der Waals surface area contributed by atoms with Gasteiger partial charge >= 0.3 is 0 Å². The van der Waals surface area contributed by atoms with Crippen LogP contribution in [0.3, 0.4) is 0 Å². The fourth-order valence-corrected chi connectivity index (χ4v) is 1.97. The van der Waals surface area contributed by atoms with Crippen molar-refractivity contribution in [2.45, 2.75) is 26.3 Å². The highest BCUT2D eigenvalue weighted by Crippen LogP contribution is 2.23. The molecule has 0 aliphatic carbocycles. The molecule has 0 fully saturated rings. The van der Waals surface area contributed by atoms with Gasteiger partial charge in [0.05, 0.1) is 5.52 Å². The van der Waals surface area contributed by atoms with Crippen molar-refractivity contribution in [1.29, 1.82) is 0 Å². The van der Waals surface area contributed by atoms with Crippen molar-refractivity contribution in [3.05, 3.63) is 28.1 Å². The van der Waals surface area contributed by atoms with Crippen LogP contribution in [0.4, 0.5) is 5.82 Å². The van der Waals surface area contributed by atoms with E-state index >= 15 is 0 Å². The van der Waals surface area contributed by atoms with E-state index in [2.05, 4.69) is 70.8 Å². The van der Waals surface area contributed by atoms with Gasteiger partial charge in [0.1, 0.15) is 12.1 Å². The molecule has 0 saturated heterocycles. The molecule has 0 aliphatic rings. The number of anilines is 1. The van der Waals surface area contributed by atoms with Gasteiger partial charge in [0, 0.05) is 14.5 Å². The third kappa shape index (κ3) is 2.61. The summed E-state index contributed by atoms with van der Waals surface area (Å²) in [5, 5.41) is 4.47. The molecule has 3 nitrogen and oxygen atoms in total. The van der Waals surface area contributed by atoms with E-state index < -0.39 is 0 Å². The van der Waals surface area contributed by atoms with Gasteiger partial charge in [-0.15, -0.1) is 0 Å². The summed E-state index contributed by atoms with van der Waals surface area (Å²) in [5.74, 6) is 0.899. The summed E-state index contributed by atoms with van der Waals surface area (Å²) in [5.41, 5.74) is 0.977. The van der Waals surface area contributed by atoms with Crippen molar-refractivity contribution in [3.8, 4) is 0 Å². The summed E-state index contributed by atoms with van der Waals surface area (Å²) >= 11 is 2.30. The molecule has 0 bridgehead atoms. The quantitative estimate of drug-likeness (QED) is 0.816. The van der Waals surface area contributed by atoms with E-state index in [9.17, 15) is 0 Å². The minimum absolute atomic E-state index is 0.00254. The predicted octanol–water partition coefficient (Wildman–Crippen LogP) is 3.44. The Kier molecular flexibility index (Phi) is 3.01. The first-order valence-corrected chi connectivity index (χ1v) is 6.22. The Labute approximate surface area is 109 Å². The largest absolute Gasteiger partial charge is 0.365 e. The minimum Gasteiger partial charge on any atom is -0.365 e. The lowest BCUT2D eigenvalue weighted by Gasteiger charge is -2.22. The second-order valence-electron chi connectivity index (χ2n) is 4.76. The number of fused-ring (bicyclic) bond motifs is 1. The van der Waals surface area contributed by atoms with Crippen LogP contribution in [0.5, 0.6) is 0 Å². The molecule has 0 unspecified atom stereocenters. The summed E-state index contributed by atoms with van der Waals surface area (Å²) < 4.78 is 1.19. The molecule has 0 spiro atoms. The molecule has 1 aromatic carbocycles. The van der Waals surface area contributed by atoms with E-state index in [1.54, 1.807) is 6.33 Å². The van der Waals surface area contributed by atoms with E-state index in [0.29, 0.717) is 0 Å². The number of aromatic nitrogens is 2. The fraction of sp³-hybridized carbons (Fsp3) is 0.333. The molecular formula is C12H14IN3. The Morgan fingerprint density at radius 1 is 1.19 bits per heavy atom. The lowest BCUT2D eigenvalue weighted by molar-refractivity contribution is 0.631. The molecule has 84 valence electrons. The SMILES string of the molecule is CC(C)(C)Nc1ncnc2ccc(I)cc12. The average Bonchev–Trinajstić information content (AvgIpc) is 2.17. The lowest BCUT2D eigenvalue weighted by Crippen LogP contribution is -2.26. The number of hydrogen-bond acceptors (Lipinski definition) is 3. The van der Waals surface area contributed by atoms with Crippen molar-refractivity contribution in [2.24, 2.45) is 0 Å². The van der Waals surface area contributed by atoms with Crippen molar-refractivity contribution in [3.63, 3.8) is 0 Å². The molecule has 1 N–H and O–H groups in total. The zero-order valence-electron chi connectivity index (χ0n) is 9.58. The van der Waals surface area contributed by atoms with E-state index in [1.165, 1.54) is 3.57 Å². The van der Waals surface area contributed by atoms with E-state index in [0.717, 1.165) is 16.7 Å². The van der Waals surface area contributed by atoms with Crippen LogP contribution in [-0.4, -0.2) is 15.5 Å². The predicted molar refractivity (Wildman–Crippen MR) is 75.6 cm³/mol. The summed E-state index contributed by atoms with van der Waals surface area (Å²) in [6.07, 6.45) is 1.60. The highest BCUT2D eigenvalue weighted by Gasteiger charge is 2.12. The topological polar surface area (TPSA) is 37.8 Å². The first-order valence-electron chi connectivity index (χ1n) is 5.14. The van der Waals surface area contributed by atoms with Crippen LogP contribution in [0.25, 0.3) is 10.9 Å². The smallest absolute Gasteiger partial charge is 0.137 e. The number of hydrogen-bond donors (Lipinski definition) is 1. The van der Waals surface area contributed by atoms with Gasteiger partial charge in [0.2, 0.25) is 0 Å². The molecular weight excluding hydrogens is 313 g/mol. The van der Waals surface area contributed by atoms with E-state index in [-0.39, 0.29) is 5.54 Å². The molecule has 1 heterocycles. The van der Waals surface area contributed by atoms with Gasteiger partial charge in [-0.2, -0.15) is 0 Å². The molecule has 4 heteroatoms. The Balaban J connectivity index is 2.56. The van der Waals surface area contributed by atoms with Gasteiger partial charge in [-0.1, -0.05) is 0 Å². The Hall–Kier alpha value is -0.910. The van der Waals surface area contributed by atoms with Crippen LogP contribution in [0, 0.1) is 3.57 Å². The van der Waals surface area contributed by atoms with Crippen LogP contribution >= 0.6 is 22.6 Å². The molecule has 2 aromatic rings. The highest BCUT2D eigenvalue weighted by molar-refractivity contribution is 14.1. The summed E-state index contributed by atoms with van der Waals surface area (Å²) in [6, 6.07) is 6.17. The van der Waals surface area contributed by atoms with Gasteiger partial charge in [-0.05, 0) is 61.6 Å². The number of halogens is 1. The zero-order valence-corrected chi connectivity index (χ0v) is 11.7. The normalized spacial score (nSPS) is 11.8. The average molecular weight is 327 g/mol. The minimum atomic E-state index is 0.00254. The van der Waals surface area contributed by atoms with Crippen LogP contribution in [-0.2, 0) is 0 Å². The number of nitrogens with one attached hydrogen (secondary N) is 1. The summed E-state index contributed by atoms with van der Waals surface area (Å²) in [4.78, 5) is 8.57. The summed E-state index contributed by atoms with van der Waals surface area (Å²) in [7, 11) is 0. The second kappa shape index (κ2) is 4.16. The van der Waals surface area contributed by atoms with Crippen molar-refractivity contribution >= 4 is 39.3 Å². The first kappa shape index (κ1) is 11.6. The lowest BCUT2D eigenvalue weighted by atomic mass is 10.1. The van der Waals surface area contributed by atoms with Gasteiger partial charge in [0.15, 0.2) is 0 Å². The van der Waals surface area contributed by atoms with Gasteiger partial charge in [-0.25, -0.2) is 9.97 Å². The maximum atomic E-state index is 4.31. The molecule has 0 radical (unpaired) electrons. The zero-order chi connectivity index (χ0) is 11.8. The van der Waals surface area contributed by atoms with Crippen LogP contribution in [0.2, 0.25) is 0 Å². The second-order valence-corrected chi connectivity index (χ2v) is 6.00. The van der Waals surface area contributed by atoms with Gasteiger partial charge in [0.25, 0.3) is 0 Å². The van der Waals surface area contributed by atoms with Crippen molar-refractivity contribution in [1.82, 2.24) is 9.97 Å². The number of rotatable bonds is 1. The monoisotopic (exact) mass is 327 g/mol. The summed E-state index contributed by atoms with van der Waals surface area (Å²) in [6.45, 7) is 6.36. The van der Waals surface area contributed by atoms with Crippen molar-refractivity contribution in [2.75, 3.05) is 5.32 Å². The Morgan fingerprint density at radius 3 is 2.62 bits per heavy atom. The van der Waals surface area contributed by atoms with E-state index in [1.807, 2.05) is 6.07 Å². The standard InChI is InChI=1S/C12H14IN3/c1-12(2,3)16-11-9-6-8(13)4-5-10(9)14-7-15-11/h4-7H,1-3H3,(H,14,15,16). The van der Waals surface area contributed by atoms with Gasteiger partial charge < -0.3 is 5.32 Å². The van der Waals surface area contributed by atoms with E-state index in [4.69, 9.17) is 0 Å². The van der Waals surface area contributed by atoms with Crippen LogP contribution < -0.4 is 5.32 Å². The Bertz CT molecular complexity index is 517. The third-order valence-corrected chi connectivity index (χ3v) is 2.76. The molecule has 0 atom stereocenters. The molecule has 0 amide bonds. The molecule has 2 rings (SSSR count). The van der Waals surface area contributed by atoms with Gasteiger partial charge in [-0.3, -0.25) is 0 Å². The highest BCUT2D eigenvalue weighted by atomic mass is 127. The maximum Gasteiger partial charge on any atom is 0.137 e. The van der Waals surface area contributed by atoms with Crippen LogP contribution in [0.1, 0.15) is 20.8 Å². The van der Waals surface area contributed by atoms with Crippen molar-refractivity contribution < 1.29 is 0 Å². The number of nitrogens with zero attached hydrogens (tertiary/aromatic N) is 2. The molecule has 16 heavy (non-hydrogen) atoms. The Morgan fingerprint density at radius 2 is 1.94 bits per heavy atom. The first-order chi connectivity index (χ1) is 7.46.